The summed E-state index contributed by atoms with van der Waals surface area (Å²) in [5.74, 6) is 0.115. The van der Waals surface area contributed by atoms with E-state index in [0.717, 1.165) is 5.56 Å². The van der Waals surface area contributed by atoms with E-state index < -0.39 is 0 Å². The van der Waals surface area contributed by atoms with Crippen LogP contribution in [0.25, 0.3) is 5.57 Å². The maximum absolute atomic E-state index is 11.0. The van der Waals surface area contributed by atoms with Gasteiger partial charge in [0.15, 0.2) is 5.78 Å². The third-order valence-corrected chi connectivity index (χ3v) is 2.18. The van der Waals surface area contributed by atoms with Gasteiger partial charge in [0.25, 0.3) is 0 Å². The fourth-order valence-corrected chi connectivity index (χ4v) is 1.13. The molecule has 0 aliphatic heterocycles. The second-order valence-electron chi connectivity index (χ2n) is 3.11. The molecule has 1 nitrogen and oxygen atoms in total. The summed E-state index contributed by atoms with van der Waals surface area (Å²) in [6, 6.07) is 7.69. The van der Waals surface area contributed by atoms with Crippen LogP contribution >= 0.6 is 0 Å². The predicted molar refractivity (Wildman–Crippen MR) is 67.1 cm³/mol. The first-order valence-electron chi connectivity index (χ1n) is 5.39. The van der Waals surface area contributed by atoms with Crippen LogP contribution in [0.5, 0.6) is 0 Å². The quantitative estimate of drug-likeness (QED) is 0.655. The van der Waals surface area contributed by atoms with Crippen molar-refractivity contribution in [3.63, 3.8) is 0 Å². The van der Waals surface area contributed by atoms with E-state index in [-0.39, 0.29) is 5.78 Å². The minimum Gasteiger partial charge on any atom is -0.295 e. The molecule has 0 amide bonds. The largest absolute Gasteiger partial charge is 0.295 e. The van der Waals surface area contributed by atoms with Crippen molar-refractivity contribution in [2.75, 3.05) is 0 Å². The van der Waals surface area contributed by atoms with Crippen molar-refractivity contribution in [3.05, 3.63) is 41.5 Å². The number of rotatable bonds is 2. The molecule has 0 saturated heterocycles. The van der Waals surface area contributed by atoms with Gasteiger partial charge in [-0.25, -0.2) is 0 Å². The van der Waals surface area contributed by atoms with Gasteiger partial charge in [-0.2, -0.15) is 0 Å². The number of benzene rings is 1. The van der Waals surface area contributed by atoms with Crippen molar-refractivity contribution in [2.24, 2.45) is 0 Å². The molecule has 0 aliphatic rings. The first kappa shape index (κ1) is 13.6. The van der Waals surface area contributed by atoms with Gasteiger partial charge in [-0.3, -0.25) is 4.79 Å². The Morgan fingerprint density at radius 3 is 1.73 bits per heavy atom. The average Bonchev–Trinajstić information content (AvgIpc) is 2.31. The van der Waals surface area contributed by atoms with Crippen molar-refractivity contribution >= 4 is 11.4 Å². The first-order chi connectivity index (χ1) is 7.15. The van der Waals surface area contributed by atoms with E-state index in [1.54, 1.807) is 6.92 Å². The molecule has 0 spiro atoms. The highest BCUT2D eigenvalue weighted by atomic mass is 16.1. The highest BCUT2D eigenvalue weighted by Crippen LogP contribution is 2.14. The lowest BCUT2D eigenvalue weighted by Crippen LogP contribution is -1.91. The first-order valence-corrected chi connectivity index (χ1v) is 5.39. The SMILES string of the molecule is C/C=C(\C)c1ccc(C(C)=O)cc1.CC. The van der Waals surface area contributed by atoms with Crippen molar-refractivity contribution in [1.29, 1.82) is 0 Å². The van der Waals surface area contributed by atoms with E-state index in [4.69, 9.17) is 0 Å². The molecule has 1 aromatic rings. The van der Waals surface area contributed by atoms with Gasteiger partial charge >= 0.3 is 0 Å². The Labute approximate surface area is 92.8 Å². The second kappa shape index (κ2) is 6.99. The van der Waals surface area contributed by atoms with Gasteiger partial charge in [0.1, 0.15) is 0 Å². The molecule has 0 fully saturated rings. The van der Waals surface area contributed by atoms with Crippen molar-refractivity contribution in [1.82, 2.24) is 0 Å². The number of carbonyl (C=O) groups excluding carboxylic acids is 1. The van der Waals surface area contributed by atoms with Gasteiger partial charge < -0.3 is 0 Å². The lowest BCUT2D eigenvalue weighted by Gasteiger charge is -2.01. The summed E-state index contributed by atoms with van der Waals surface area (Å²) < 4.78 is 0. The van der Waals surface area contributed by atoms with Gasteiger partial charge in [-0.1, -0.05) is 44.2 Å². The van der Waals surface area contributed by atoms with Gasteiger partial charge in [0, 0.05) is 5.56 Å². The van der Waals surface area contributed by atoms with Crippen LogP contribution in [0.3, 0.4) is 0 Å². The van der Waals surface area contributed by atoms with Gasteiger partial charge in [-0.05, 0) is 31.9 Å². The Kier molecular flexibility index (Phi) is 6.35. The van der Waals surface area contributed by atoms with Crippen molar-refractivity contribution in [3.8, 4) is 0 Å². The van der Waals surface area contributed by atoms with Crippen molar-refractivity contribution < 1.29 is 4.79 Å². The third kappa shape index (κ3) is 4.11. The normalized spacial score (nSPS) is 10.3. The monoisotopic (exact) mass is 204 g/mol. The molecule has 1 rings (SSSR count). The number of carbonyl (C=O) groups is 1. The molecule has 15 heavy (non-hydrogen) atoms. The molecule has 1 heteroatoms. The molecule has 0 aromatic heterocycles. The molecule has 0 radical (unpaired) electrons. The molecule has 0 bridgehead atoms. The maximum Gasteiger partial charge on any atom is 0.159 e. The van der Waals surface area contributed by atoms with Crippen LogP contribution in [0.2, 0.25) is 0 Å². The number of Topliss-reactive ketones (excluding diaryl/α,β-unsaturated/α-hetero) is 1. The van der Waals surface area contributed by atoms with E-state index in [1.165, 1.54) is 11.1 Å². The Morgan fingerprint density at radius 2 is 1.40 bits per heavy atom. The highest BCUT2D eigenvalue weighted by molar-refractivity contribution is 5.94. The lowest BCUT2D eigenvalue weighted by atomic mass is 10.0. The zero-order valence-corrected chi connectivity index (χ0v) is 10.3. The molecule has 82 valence electrons. The molecule has 0 aliphatic carbocycles. The Bertz CT molecular complexity index is 331. The van der Waals surface area contributed by atoms with E-state index in [1.807, 2.05) is 45.0 Å². The minimum absolute atomic E-state index is 0.115. The van der Waals surface area contributed by atoms with Crippen LogP contribution < -0.4 is 0 Å². The molecule has 1 aromatic carbocycles. The zero-order chi connectivity index (χ0) is 11.8. The fourth-order valence-electron chi connectivity index (χ4n) is 1.13. The van der Waals surface area contributed by atoms with E-state index in [0.29, 0.717) is 0 Å². The molecular weight excluding hydrogens is 184 g/mol. The molecule has 0 N–H and O–H groups in total. The standard InChI is InChI=1S/C12H14O.C2H6/c1-4-9(2)11-5-7-12(8-6-11)10(3)13;1-2/h4-8H,1-3H3;1-2H3/b9-4+;. The van der Waals surface area contributed by atoms with E-state index in [2.05, 4.69) is 13.0 Å². The predicted octanol–water partition coefficient (Wildman–Crippen LogP) is 4.34. The summed E-state index contributed by atoms with van der Waals surface area (Å²) >= 11 is 0. The minimum atomic E-state index is 0.115. The van der Waals surface area contributed by atoms with Crippen LogP contribution in [0, 0.1) is 0 Å². The molecule has 0 heterocycles. The van der Waals surface area contributed by atoms with E-state index in [9.17, 15) is 4.79 Å². The average molecular weight is 204 g/mol. The fraction of sp³-hybridized carbons (Fsp3) is 0.357. The molecule has 0 saturated carbocycles. The summed E-state index contributed by atoms with van der Waals surface area (Å²) in [5, 5.41) is 0. The number of allylic oxidation sites excluding steroid dienone is 2. The third-order valence-electron chi connectivity index (χ3n) is 2.18. The second-order valence-corrected chi connectivity index (χ2v) is 3.11. The topological polar surface area (TPSA) is 17.1 Å². The van der Waals surface area contributed by atoms with Gasteiger partial charge in [0.2, 0.25) is 0 Å². The number of ketones is 1. The smallest absolute Gasteiger partial charge is 0.159 e. The van der Waals surface area contributed by atoms with Crippen LogP contribution in [0.4, 0.5) is 0 Å². The lowest BCUT2D eigenvalue weighted by molar-refractivity contribution is 0.101. The van der Waals surface area contributed by atoms with Crippen LogP contribution in [-0.2, 0) is 0 Å². The Morgan fingerprint density at radius 1 is 1.00 bits per heavy atom. The van der Waals surface area contributed by atoms with Crippen LogP contribution in [0.1, 0.15) is 50.5 Å². The van der Waals surface area contributed by atoms with E-state index >= 15 is 0 Å². The molecular formula is C14H20O. The van der Waals surface area contributed by atoms with Gasteiger partial charge in [0.05, 0.1) is 0 Å². The highest BCUT2D eigenvalue weighted by Gasteiger charge is 1.98. The van der Waals surface area contributed by atoms with Crippen LogP contribution in [0.15, 0.2) is 30.3 Å². The summed E-state index contributed by atoms with van der Waals surface area (Å²) in [6.07, 6.45) is 2.06. The zero-order valence-electron chi connectivity index (χ0n) is 10.3. The summed E-state index contributed by atoms with van der Waals surface area (Å²) in [7, 11) is 0. The number of hydrogen-bond donors (Lipinski definition) is 0. The van der Waals surface area contributed by atoms with Crippen molar-refractivity contribution in [2.45, 2.75) is 34.6 Å². The summed E-state index contributed by atoms with van der Waals surface area (Å²) in [6.45, 7) is 9.65. The molecule has 0 unspecified atom stereocenters. The van der Waals surface area contributed by atoms with Crippen LogP contribution in [-0.4, -0.2) is 5.78 Å². The summed E-state index contributed by atoms with van der Waals surface area (Å²) in [5.41, 5.74) is 3.18. The summed E-state index contributed by atoms with van der Waals surface area (Å²) in [4.78, 5) is 11.0. The van der Waals surface area contributed by atoms with Gasteiger partial charge in [-0.15, -0.1) is 0 Å². The Hall–Kier alpha value is -1.37. The Balaban J connectivity index is 0.000000921. The number of hydrogen-bond acceptors (Lipinski definition) is 1. The molecule has 0 atom stereocenters. The maximum atomic E-state index is 11.0.